The third-order valence-corrected chi connectivity index (χ3v) is 2.16. The van der Waals surface area contributed by atoms with Crippen molar-refractivity contribution in [3.8, 4) is 0 Å². The Hall–Kier alpha value is -1.31. The minimum absolute atomic E-state index is 0.622. The predicted octanol–water partition coefficient (Wildman–Crippen LogP) is 1.89. The highest BCUT2D eigenvalue weighted by Crippen LogP contribution is 2.11. The van der Waals surface area contributed by atoms with Gasteiger partial charge in [0.1, 0.15) is 5.84 Å². The average molecular weight is 176 g/mol. The Bertz CT molecular complexity index is 327. The first-order chi connectivity index (χ1) is 6.19. The molecule has 13 heavy (non-hydrogen) atoms. The normalized spacial score (nSPS) is 11.8. The molecular weight excluding hydrogens is 160 g/mol. The molecule has 0 bridgehead atoms. The van der Waals surface area contributed by atoms with Crippen LogP contribution in [0.5, 0.6) is 0 Å². The Morgan fingerprint density at radius 2 is 2.15 bits per heavy atom. The first kappa shape index (κ1) is 9.78. The van der Waals surface area contributed by atoms with Crippen molar-refractivity contribution in [3.63, 3.8) is 0 Å². The van der Waals surface area contributed by atoms with E-state index in [9.17, 15) is 0 Å². The summed E-state index contributed by atoms with van der Waals surface area (Å²) in [7, 11) is 1.72. The van der Waals surface area contributed by atoms with Crippen molar-refractivity contribution < 1.29 is 0 Å². The number of amidine groups is 1. The predicted molar refractivity (Wildman–Crippen MR) is 57.2 cm³/mol. The third kappa shape index (κ3) is 2.08. The fourth-order valence-electron chi connectivity index (χ4n) is 1.39. The highest BCUT2D eigenvalue weighted by Gasteiger charge is 2.03. The maximum absolute atomic E-state index is 5.77. The molecule has 0 aliphatic heterocycles. The van der Waals surface area contributed by atoms with Crippen LogP contribution in [0.25, 0.3) is 0 Å². The van der Waals surface area contributed by atoms with Gasteiger partial charge in [0.2, 0.25) is 0 Å². The number of benzene rings is 1. The van der Waals surface area contributed by atoms with Gasteiger partial charge in [-0.15, -0.1) is 0 Å². The highest BCUT2D eigenvalue weighted by molar-refractivity contribution is 5.98. The second-order valence-electron chi connectivity index (χ2n) is 3.12. The lowest BCUT2D eigenvalue weighted by atomic mass is 10.0. The van der Waals surface area contributed by atoms with Crippen LogP contribution in [0.3, 0.4) is 0 Å². The van der Waals surface area contributed by atoms with Gasteiger partial charge < -0.3 is 5.73 Å². The number of aryl methyl sites for hydroxylation is 2. The number of hydrogen-bond acceptors (Lipinski definition) is 1. The van der Waals surface area contributed by atoms with Crippen LogP contribution in [0.4, 0.5) is 0 Å². The summed E-state index contributed by atoms with van der Waals surface area (Å²) in [6.45, 7) is 4.21. The van der Waals surface area contributed by atoms with E-state index in [1.54, 1.807) is 7.05 Å². The smallest absolute Gasteiger partial charge is 0.125 e. The van der Waals surface area contributed by atoms with E-state index >= 15 is 0 Å². The van der Waals surface area contributed by atoms with Crippen molar-refractivity contribution >= 4 is 5.84 Å². The summed E-state index contributed by atoms with van der Waals surface area (Å²) in [6, 6.07) is 6.26. The molecule has 0 atom stereocenters. The molecule has 0 heterocycles. The summed E-state index contributed by atoms with van der Waals surface area (Å²) in [5, 5.41) is 0. The first-order valence-electron chi connectivity index (χ1n) is 4.51. The molecule has 0 aliphatic carbocycles. The fourth-order valence-corrected chi connectivity index (χ4v) is 1.39. The highest BCUT2D eigenvalue weighted by atomic mass is 14.8. The molecule has 0 saturated heterocycles. The first-order valence-corrected chi connectivity index (χ1v) is 4.51. The summed E-state index contributed by atoms with van der Waals surface area (Å²) >= 11 is 0. The standard InChI is InChI=1S/C11H16N2/c1-4-9-7-8(2)5-6-10(9)11(12)13-3/h5-7H,4H2,1-3H3,(H2,12,13). The van der Waals surface area contributed by atoms with E-state index in [-0.39, 0.29) is 0 Å². The number of nitrogens with zero attached hydrogens (tertiary/aromatic N) is 1. The molecule has 1 aromatic carbocycles. The second-order valence-corrected chi connectivity index (χ2v) is 3.12. The molecule has 0 amide bonds. The van der Waals surface area contributed by atoms with Crippen LogP contribution in [0.1, 0.15) is 23.6 Å². The van der Waals surface area contributed by atoms with Gasteiger partial charge in [0.05, 0.1) is 0 Å². The van der Waals surface area contributed by atoms with Gasteiger partial charge in [-0.3, -0.25) is 4.99 Å². The SMILES string of the molecule is CCc1cc(C)ccc1C(N)=NC. The van der Waals surface area contributed by atoms with Crippen molar-refractivity contribution in [3.05, 3.63) is 34.9 Å². The third-order valence-electron chi connectivity index (χ3n) is 2.16. The summed E-state index contributed by atoms with van der Waals surface area (Å²) in [5.74, 6) is 0.622. The summed E-state index contributed by atoms with van der Waals surface area (Å²) in [6.07, 6.45) is 0.993. The molecule has 2 N–H and O–H groups in total. The van der Waals surface area contributed by atoms with Crippen LogP contribution in [0.2, 0.25) is 0 Å². The quantitative estimate of drug-likeness (QED) is 0.542. The molecule has 1 rings (SSSR count). The van der Waals surface area contributed by atoms with Crippen LogP contribution in [0.15, 0.2) is 23.2 Å². The lowest BCUT2D eigenvalue weighted by Crippen LogP contribution is -2.15. The zero-order valence-corrected chi connectivity index (χ0v) is 8.46. The van der Waals surface area contributed by atoms with Crippen LogP contribution in [-0.2, 0) is 6.42 Å². The number of aliphatic imine (C=N–C) groups is 1. The van der Waals surface area contributed by atoms with Gasteiger partial charge in [-0.05, 0) is 18.9 Å². The Kier molecular flexibility index (Phi) is 3.07. The minimum atomic E-state index is 0.622. The molecule has 0 aromatic heterocycles. The molecule has 0 fully saturated rings. The van der Waals surface area contributed by atoms with E-state index in [1.165, 1.54) is 11.1 Å². The minimum Gasteiger partial charge on any atom is -0.384 e. The van der Waals surface area contributed by atoms with Crippen molar-refractivity contribution in [1.29, 1.82) is 0 Å². The van der Waals surface area contributed by atoms with Crippen LogP contribution >= 0.6 is 0 Å². The molecule has 0 radical (unpaired) electrons. The lowest BCUT2D eigenvalue weighted by molar-refractivity contribution is 1.12. The van der Waals surface area contributed by atoms with Gasteiger partial charge in [-0.2, -0.15) is 0 Å². The van der Waals surface area contributed by atoms with E-state index in [0.29, 0.717) is 5.84 Å². The van der Waals surface area contributed by atoms with Gasteiger partial charge in [-0.25, -0.2) is 0 Å². The van der Waals surface area contributed by atoms with E-state index in [1.807, 2.05) is 6.07 Å². The van der Waals surface area contributed by atoms with E-state index in [0.717, 1.165) is 12.0 Å². The Morgan fingerprint density at radius 3 is 2.69 bits per heavy atom. The van der Waals surface area contributed by atoms with Crippen molar-refractivity contribution in [2.45, 2.75) is 20.3 Å². The average Bonchev–Trinajstić information content (AvgIpc) is 2.16. The Labute approximate surface area is 79.5 Å². The molecule has 0 unspecified atom stereocenters. The second kappa shape index (κ2) is 4.08. The van der Waals surface area contributed by atoms with Crippen molar-refractivity contribution in [2.24, 2.45) is 10.7 Å². The Morgan fingerprint density at radius 1 is 1.46 bits per heavy atom. The molecule has 70 valence electrons. The largest absolute Gasteiger partial charge is 0.384 e. The molecule has 2 heteroatoms. The number of hydrogen-bond donors (Lipinski definition) is 1. The molecule has 0 spiro atoms. The topological polar surface area (TPSA) is 38.4 Å². The molecule has 0 saturated carbocycles. The van der Waals surface area contributed by atoms with E-state index < -0.39 is 0 Å². The molecular formula is C11H16N2. The summed E-state index contributed by atoms with van der Waals surface area (Å²) in [4.78, 5) is 3.99. The fraction of sp³-hybridized carbons (Fsp3) is 0.364. The molecule has 0 aliphatic rings. The zero-order valence-electron chi connectivity index (χ0n) is 8.46. The maximum Gasteiger partial charge on any atom is 0.125 e. The maximum atomic E-state index is 5.77. The van der Waals surface area contributed by atoms with Crippen LogP contribution in [-0.4, -0.2) is 12.9 Å². The molecule has 2 nitrogen and oxygen atoms in total. The number of nitrogens with two attached hydrogens (primary N) is 1. The summed E-state index contributed by atoms with van der Waals surface area (Å²) < 4.78 is 0. The monoisotopic (exact) mass is 176 g/mol. The van der Waals surface area contributed by atoms with Crippen molar-refractivity contribution in [1.82, 2.24) is 0 Å². The Balaban J connectivity index is 3.21. The lowest BCUT2D eigenvalue weighted by Gasteiger charge is -2.07. The van der Waals surface area contributed by atoms with E-state index in [2.05, 4.69) is 31.0 Å². The van der Waals surface area contributed by atoms with Gasteiger partial charge in [0.15, 0.2) is 0 Å². The molecule has 1 aromatic rings. The zero-order chi connectivity index (χ0) is 9.84. The van der Waals surface area contributed by atoms with Gasteiger partial charge in [0.25, 0.3) is 0 Å². The van der Waals surface area contributed by atoms with E-state index in [4.69, 9.17) is 5.73 Å². The summed E-state index contributed by atoms with van der Waals surface area (Å²) in [5.41, 5.74) is 9.37. The van der Waals surface area contributed by atoms with Crippen LogP contribution < -0.4 is 5.73 Å². The number of rotatable bonds is 2. The van der Waals surface area contributed by atoms with Gasteiger partial charge in [0, 0.05) is 12.6 Å². The van der Waals surface area contributed by atoms with Crippen molar-refractivity contribution in [2.75, 3.05) is 7.05 Å². The van der Waals surface area contributed by atoms with Gasteiger partial charge >= 0.3 is 0 Å². The van der Waals surface area contributed by atoms with Crippen LogP contribution in [0, 0.1) is 6.92 Å². The van der Waals surface area contributed by atoms with Gasteiger partial charge in [-0.1, -0.05) is 30.7 Å².